The van der Waals surface area contributed by atoms with Crippen LogP contribution < -0.4 is 0 Å². The summed E-state index contributed by atoms with van der Waals surface area (Å²) in [6.45, 7) is 5.00. The Balaban J connectivity index is 1.65. The summed E-state index contributed by atoms with van der Waals surface area (Å²) in [5, 5.41) is 4.97. The molecular weight excluding hydrogens is 320 g/mol. The van der Waals surface area contributed by atoms with Crippen molar-refractivity contribution in [3.05, 3.63) is 36.7 Å². The summed E-state index contributed by atoms with van der Waals surface area (Å²) >= 11 is 1.44. The average Bonchev–Trinajstić information content (AvgIpc) is 3.10. The largest absolute Gasteiger partial charge is 0.339 e. The minimum Gasteiger partial charge on any atom is -0.339 e. The van der Waals surface area contributed by atoms with E-state index >= 15 is 0 Å². The van der Waals surface area contributed by atoms with Gasteiger partial charge in [-0.3, -0.25) is 4.79 Å². The zero-order chi connectivity index (χ0) is 16.9. The number of carbonyl (C=O) groups is 1. The molecule has 2 heterocycles. The Morgan fingerprint density at radius 2 is 2.12 bits per heavy atom. The first-order chi connectivity index (χ1) is 11.7. The molecule has 1 aromatic carbocycles. The summed E-state index contributed by atoms with van der Waals surface area (Å²) in [6, 6.07) is 10.3. The van der Waals surface area contributed by atoms with Gasteiger partial charge in [0.1, 0.15) is 6.33 Å². The Hall–Kier alpha value is -1.82. The van der Waals surface area contributed by atoms with Crippen LogP contribution in [0.25, 0.3) is 5.69 Å². The molecule has 24 heavy (non-hydrogen) atoms. The SMILES string of the molecule is CCC1CCCCN1C(=O)C(C)Sc1ncn(-c2ccccc2)n1. The molecule has 1 aliphatic rings. The number of rotatable bonds is 5. The number of amides is 1. The van der Waals surface area contributed by atoms with E-state index in [9.17, 15) is 4.79 Å². The highest BCUT2D eigenvalue weighted by atomic mass is 32.2. The number of benzene rings is 1. The molecule has 2 atom stereocenters. The zero-order valence-electron chi connectivity index (χ0n) is 14.3. The van der Waals surface area contributed by atoms with E-state index in [2.05, 4.69) is 21.9 Å². The Morgan fingerprint density at radius 1 is 1.33 bits per heavy atom. The van der Waals surface area contributed by atoms with Crippen molar-refractivity contribution in [2.75, 3.05) is 6.54 Å². The molecule has 1 aromatic heterocycles. The fourth-order valence-corrected chi connectivity index (χ4v) is 3.96. The molecule has 6 heteroatoms. The third-order valence-corrected chi connectivity index (χ3v) is 5.46. The number of carbonyl (C=O) groups excluding carboxylic acids is 1. The molecule has 0 spiro atoms. The van der Waals surface area contributed by atoms with E-state index in [1.807, 2.05) is 37.3 Å². The summed E-state index contributed by atoms with van der Waals surface area (Å²) in [6.07, 6.45) is 6.20. The van der Waals surface area contributed by atoms with Crippen molar-refractivity contribution in [2.45, 2.75) is 56.0 Å². The van der Waals surface area contributed by atoms with Crippen molar-refractivity contribution in [1.29, 1.82) is 0 Å². The number of para-hydroxylation sites is 1. The number of likely N-dealkylation sites (tertiary alicyclic amines) is 1. The number of hydrogen-bond acceptors (Lipinski definition) is 4. The average molecular weight is 344 g/mol. The van der Waals surface area contributed by atoms with Gasteiger partial charge < -0.3 is 4.90 Å². The highest BCUT2D eigenvalue weighted by Crippen LogP contribution is 2.26. The van der Waals surface area contributed by atoms with Crippen LogP contribution in [0.2, 0.25) is 0 Å². The van der Waals surface area contributed by atoms with E-state index in [0.29, 0.717) is 11.2 Å². The quantitative estimate of drug-likeness (QED) is 0.779. The highest BCUT2D eigenvalue weighted by Gasteiger charge is 2.29. The van der Waals surface area contributed by atoms with Gasteiger partial charge in [-0.25, -0.2) is 9.67 Å². The van der Waals surface area contributed by atoms with E-state index < -0.39 is 0 Å². The van der Waals surface area contributed by atoms with Gasteiger partial charge in [-0.15, -0.1) is 5.10 Å². The Labute approximate surface area is 147 Å². The number of aromatic nitrogens is 3. The third-order valence-electron chi connectivity index (χ3n) is 4.50. The number of hydrogen-bond donors (Lipinski definition) is 0. The molecular formula is C18H24N4OS. The predicted octanol–water partition coefficient (Wildman–Crippen LogP) is 3.54. The van der Waals surface area contributed by atoms with Crippen LogP contribution in [0.15, 0.2) is 41.8 Å². The maximum absolute atomic E-state index is 12.8. The molecule has 1 fully saturated rings. The van der Waals surface area contributed by atoms with Crippen LogP contribution in [0.1, 0.15) is 39.5 Å². The molecule has 1 saturated heterocycles. The van der Waals surface area contributed by atoms with Gasteiger partial charge in [0.2, 0.25) is 11.1 Å². The number of piperidine rings is 1. The lowest BCUT2D eigenvalue weighted by Gasteiger charge is -2.36. The second-order valence-electron chi connectivity index (χ2n) is 6.16. The lowest BCUT2D eigenvalue weighted by Crippen LogP contribution is -2.46. The first-order valence-electron chi connectivity index (χ1n) is 8.63. The standard InChI is InChI=1S/C18H24N4OS/c1-3-15-9-7-8-12-21(15)17(23)14(2)24-18-19-13-22(20-18)16-10-5-4-6-11-16/h4-6,10-11,13-15H,3,7-9,12H2,1-2H3. The lowest BCUT2D eigenvalue weighted by molar-refractivity contribution is -0.134. The van der Waals surface area contributed by atoms with Crippen LogP contribution >= 0.6 is 11.8 Å². The minimum atomic E-state index is -0.163. The van der Waals surface area contributed by atoms with Gasteiger partial charge in [-0.2, -0.15) is 0 Å². The molecule has 0 N–H and O–H groups in total. The first-order valence-corrected chi connectivity index (χ1v) is 9.51. The monoisotopic (exact) mass is 344 g/mol. The Morgan fingerprint density at radius 3 is 2.88 bits per heavy atom. The number of nitrogens with zero attached hydrogens (tertiary/aromatic N) is 4. The van der Waals surface area contributed by atoms with Crippen LogP contribution in [0, 0.1) is 0 Å². The molecule has 1 amide bonds. The maximum atomic E-state index is 12.8. The summed E-state index contributed by atoms with van der Waals surface area (Å²) in [5.74, 6) is 0.211. The summed E-state index contributed by atoms with van der Waals surface area (Å²) < 4.78 is 1.75. The third kappa shape index (κ3) is 3.80. The predicted molar refractivity (Wildman–Crippen MR) is 96.3 cm³/mol. The van der Waals surface area contributed by atoms with Crippen LogP contribution in [0.3, 0.4) is 0 Å². The van der Waals surface area contributed by atoms with E-state index in [0.717, 1.165) is 31.5 Å². The Kier molecular flexibility index (Phi) is 5.56. The first kappa shape index (κ1) is 17.0. The molecule has 5 nitrogen and oxygen atoms in total. The molecule has 1 aliphatic heterocycles. The summed E-state index contributed by atoms with van der Waals surface area (Å²) in [5.41, 5.74) is 0.970. The van der Waals surface area contributed by atoms with Crippen molar-refractivity contribution in [3.63, 3.8) is 0 Å². The summed E-state index contributed by atoms with van der Waals surface area (Å²) in [7, 11) is 0. The molecule has 128 valence electrons. The fourth-order valence-electron chi connectivity index (χ4n) is 3.16. The van der Waals surface area contributed by atoms with Gasteiger partial charge in [-0.05, 0) is 44.7 Å². The molecule has 2 aromatic rings. The van der Waals surface area contributed by atoms with E-state index in [1.165, 1.54) is 18.2 Å². The van der Waals surface area contributed by atoms with Crippen LogP contribution in [0.4, 0.5) is 0 Å². The van der Waals surface area contributed by atoms with Gasteiger partial charge in [0, 0.05) is 12.6 Å². The second-order valence-corrected chi connectivity index (χ2v) is 7.46. The highest BCUT2D eigenvalue weighted by molar-refractivity contribution is 8.00. The van der Waals surface area contributed by atoms with Crippen LogP contribution in [-0.4, -0.2) is 43.4 Å². The second kappa shape index (κ2) is 7.83. The molecule has 3 rings (SSSR count). The van der Waals surface area contributed by atoms with Gasteiger partial charge in [0.25, 0.3) is 0 Å². The fraction of sp³-hybridized carbons (Fsp3) is 0.500. The van der Waals surface area contributed by atoms with E-state index in [1.54, 1.807) is 11.0 Å². The van der Waals surface area contributed by atoms with Crippen molar-refractivity contribution in [3.8, 4) is 5.69 Å². The van der Waals surface area contributed by atoms with Gasteiger partial charge in [0.05, 0.1) is 10.9 Å². The van der Waals surface area contributed by atoms with Crippen molar-refractivity contribution < 1.29 is 4.79 Å². The molecule has 0 bridgehead atoms. The smallest absolute Gasteiger partial charge is 0.236 e. The van der Waals surface area contributed by atoms with Crippen LogP contribution in [0.5, 0.6) is 0 Å². The van der Waals surface area contributed by atoms with E-state index in [-0.39, 0.29) is 11.2 Å². The molecule has 2 unspecified atom stereocenters. The van der Waals surface area contributed by atoms with Gasteiger partial charge in [0.15, 0.2) is 0 Å². The van der Waals surface area contributed by atoms with Crippen molar-refractivity contribution >= 4 is 17.7 Å². The maximum Gasteiger partial charge on any atom is 0.236 e. The molecule has 0 saturated carbocycles. The van der Waals surface area contributed by atoms with Crippen molar-refractivity contribution in [1.82, 2.24) is 19.7 Å². The molecule has 0 aliphatic carbocycles. The Bertz CT molecular complexity index is 673. The zero-order valence-corrected chi connectivity index (χ0v) is 15.1. The normalized spacial score (nSPS) is 19.2. The number of thioether (sulfide) groups is 1. The topological polar surface area (TPSA) is 51.0 Å². The van der Waals surface area contributed by atoms with E-state index in [4.69, 9.17) is 0 Å². The summed E-state index contributed by atoms with van der Waals surface area (Å²) in [4.78, 5) is 19.2. The molecule has 0 radical (unpaired) electrons. The van der Waals surface area contributed by atoms with Gasteiger partial charge >= 0.3 is 0 Å². The lowest BCUT2D eigenvalue weighted by atomic mass is 10.00. The van der Waals surface area contributed by atoms with Gasteiger partial charge in [-0.1, -0.05) is 36.9 Å². The van der Waals surface area contributed by atoms with Crippen molar-refractivity contribution in [2.24, 2.45) is 0 Å². The van der Waals surface area contributed by atoms with Crippen LogP contribution in [-0.2, 0) is 4.79 Å². The minimum absolute atomic E-state index is 0.163.